The highest BCUT2D eigenvalue weighted by molar-refractivity contribution is 7.90. The van der Waals surface area contributed by atoms with Gasteiger partial charge in [0.1, 0.15) is 0 Å². The SMILES string of the molecule is CN(Cc1ccccc1)c1ccccc1NCC(=O)Nc1ccc(S(C)(=O)=O)cc1. The van der Waals surface area contributed by atoms with Gasteiger partial charge in [0.25, 0.3) is 0 Å². The topological polar surface area (TPSA) is 78.5 Å². The molecule has 3 aromatic rings. The van der Waals surface area contributed by atoms with Crippen molar-refractivity contribution in [3.63, 3.8) is 0 Å². The van der Waals surface area contributed by atoms with E-state index in [1.807, 2.05) is 49.5 Å². The highest BCUT2D eigenvalue weighted by Crippen LogP contribution is 2.25. The summed E-state index contributed by atoms with van der Waals surface area (Å²) >= 11 is 0. The van der Waals surface area contributed by atoms with Gasteiger partial charge in [0.2, 0.25) is 5.91 Å². The molecule has 0 unspecified atom stereocenters. The van der Waals surface area contributed by atoms with Gasteiger partial charge in [-0.2, -0.15) is 0 Å². The van der Waals surface area contributed by atoms with Crippen molar-refractivity contribution in [2.24, 2.45) is 0 Å². The highest BCUT2D eigenvalue weighted by atomic mass is 32.2. The second-order valence-electron chi connectivity index (χ2n) is 7.06. The Morgan fingerprint density at radius 3 is 2.20 bits per heavy atom. The molecule has 0 spiro atoms. The van der Waals surface area contributed by atoms with Crippen molar-refractivity contribution in [2.75, 3.05) is 35.4 Å². The minimum Gasteiger partial charge on any atom is -0.374 e. The third-order valence-corrected chi connectivity index (χ3v) is 5.71. The average molecular weight is 424 g/mol. The molecule has 0 fully saturated rings. The van der Waals surface area contributed by atoms with Crippen LogP contribution in [-0.2, 0) is 21.2 Å². The van der Waals surface area contributed by atoms with E-state index < -0.39 is 9.84 Å². The van der Waals surface area contributed by atoms with Crippen LogP contribution in [-0.4, -0.2) is 34.2 Å². The number of rotatable bonds is 8. The Hall–Kier alpha value is -3.32. The lowest BCUT2D eigenvalue weighted by molar-refractivity contribution is -0.114. The second-order valence-corrected chi connectivity index (χ2v) is 9.07. The van der Waals surface area contributed by atoms with Crippen molar-refractivity contribution in [3.8, 4) is 0 Å². The maximum atomic E-state index is 12.3. The Bertz CT molecular complexity index is 1100. The summed E-state index contributed by atoms with van der Waals surface area (Å²) in [6, 6.07) is 24.1. The minimum absolute atomic E-state index is 0.0873. The number of sulfone groups is 1. The number of benzene rings is 3. The molecule has 0 saturated carbocycles. The summed E-state index contributed by atoms with van der Waals surface area (Å²) in [5.74, 6) is -0.220. The number of amides is 1. The van der Waals surface area contributed by atoms with Crippen LogP contribution in [0.5, 0.6) is 0 Å². The number of anilines is 3. The Labute approximate surface area is 177 Å². The number of hydrogen-bond donors (Lipinski definition) is 2. The zero-order chi connectivity index (χ0) is 21.6. The maximum absolute atomic E-state index is 12.3. The van der Waals surface area contributed by atoms with Gasteiger partial charge < -0.3 is 15.5 Å². The third kappa shape index (κ3) is 5.84. The van der Waals surface area contributed by atoms with Gasteiger partial charge in [-0.15, -0.1) is 0 Å². The number of nitrogens with one attached hydrogen (secondary N) is 2. The van der Waals surface area contributed by atoms with E-state index in [9.17, 15) is 13.2 Å². The number of nitrogens with zero attached hydrogens (tertiary/aromatic N) is 1. The summed E-state index contributed by atoms with van der Waals surface area (Å²) in [6.45, 7) is 0.836. The molecule has 30 heavy (non-hydrogen) atoms. The molecule has 0 atom stereocenters. The average Bonchev–Trinajstić information content (AvgIpc) is 2.73. The molecule has 0 bridgehead atoms. The Kier molecular flexibility index (Phi) is 6.74. The fourth-order valence-corrected chi connectivity index (χ4v) is 3.70. The molecule has 0 radical (unpaired) electrons. The lowest BCUT2D eigenvalue weighted by Crippen LogP contribution is -2.23. The molecule has 6 nitrogen and oxygen atoms in total. The van der Waals surface area contributed by atoms with E-state index in [1.54, 1.807) is 12.1 Å². The van der Waals surface area contributed by atoms with E-state index in [-0.39, 0.29) is 17.3 Å². The predicted molar refractivity (Wildman–Crippen MR) is 122 cm³/mol. The first-order chi connectivity index (χ1) is 14.3. The lowest BCUT2D eigenvalue weighted by atomic mass is 10.2. The smallest absolute Gasteiger partial charge is 0.243 e. The van der Waals surface area contributed by atoms with Crippen molar-refractivity contribution in [2.45, 2.75) is 11.4 Å². The second kappa shape index (κ2) is 9.45. The van der Waals surface area contributed by atoms with Crippen LogP contribution in [0.2, 0.25) is 0 Å². The van der Waals surface area contributed by atoms with Gasteiger partial charge >= 0.3 is 0 Å². The fraction of sp³-hybridized carbons (Fsp3) is 0.174. The van der Waals surface area contributed by atoms with Crippen molar-refractivity contribution in [1.82, 2.24) is 0 Å². The lowest BCUT2D eigenvalue weighted by Gasteiger charge is -2.23. The maximum Gasteiger partial charge on any atom is 0.243 e. The van der Waals surface area contributed by atoms with Gasteiger partial charge in [-0.1, -0.05) is 42.5 Å². The van der Waals surface area contributed by atoms with E-state index in [0.29, 0.717) is 5.69 Å². The van der Waals surface area contributed by atoms with Gasteiger partial charge in [-0.25, -0.2) is 8.42 Å². The molecule has 156 valence electrons. The summed E-state index contributed by atoms with van der Waals surface area (Å²) in [6.07, 6.45) is 1.15. The molecule has 0 aromatic heterocycles. The molecule has 0 heterocycles. The molecule has 3 rings (SSSR count). The van der Waals surface area contributed by atoms with Gasteiger partial charge in [0.05, 0.1) is 22.8 Å². The van der Waals surface area contributed by atoms with Crippen LogP contribution in [0, 0.1) is 0 Å². The Balaban J connectivity index is 1.61. The van der Waals surface area contributed by atoms with E-state index >= 15 is 0 Å². The van der Waals surface area contributed by atoms with Gasteiger partial charge in [0, 0.05) is 25.5 Å². The summed E-state index contributed by atoms with van der Waals surface area (Å²) < 4.78 is 23.1. The molecule has 2 N–H and O–H groups in total. The molecule has 7 heteroatoms. The summed E-state index contributed by atoms with van der Waals surface area (Å²) in [7, 11) is -1.25. The zero-order valence-corrected chi connectivity index (χ0v) is 17.8. The van der Waals surface area contributed by atoms with Crippen LogP contribution in [0.4, 0.5) is 17.1 Å². The minimum atomic E-state index is -3.26. The Morgan fingerprint density at radius 2 is 1.53 bits per heavy atom. The predicted octanol–water partition coefficient (Wildman–Crippen LogP) is 3.78. The molecule has 0 saturated heterocycles. The zero-order valence-electron chi connectivity index (χ0n) is 17.0. The Morgan fingerprint density at radius 1 is 0.900 bits per heavy atom. The first-order valence-electron chi connectivity index (χ1n) is 9.51. The van der Waals surface area contributed by atoms with Crippen LogP contribution in [0.25, 0.3) is 0 Å². The summed E-state index contributed by atoms with van der Waals surface area (Å²) in [5, 5.41) is 5.96. The fourth-order valence-electron chi connectivity index (χ4n) is 3.06. The third-order valence-electron chi connectivity index (χ3n) is 4.58. The van der Waals surface area contributed by atoms with Crippen LogP contribution in [0.3, 0.4) is 0 Å². The van der Waals surface area contributed by atoms with E-state index in [0.717, 1.165) is 24.2 Å². The molecule has 0 aliphatic carbocycles. The van der Waals surface area contributed by atoms with Crippen LogP contribution < -0.4 is 15.5 Å². The number of hydrogen-bond acceptors (Lipinski definition) is 5. The number of para-hydroxylation sites is 2. The van der Waals surface area contributed by atoms with Gasteiger partial charge in [0.15, 0.2) is 9.84 Å². The summed E-state index contributed by atoms with van der Waals surface area (Å²) in [5.41, 5.74) is 3.60. The van der Waals surface area contributed by atoms with E-state index in [4.69, 9.17) is 0 Å². The van der Waals surface area contributed by atoms with Crippen molar-refractivity contribution in [1.29, 1.82) is 0 Å². The van der Waals surface area contributed by atoms with Crippen molar-refractivity contribution < 1.29 is 13.2 Å². The van der Waals surface area contributed by atoms with Crippen LogP contribution >= 0.6 is 0 Å². The summed E-state index contributed by atoms with van der Waals surface area (Å²) in [4.78, 5) is 14.7. The highest BCUT2D eigenvalue weighted by Gasteiger charge is 2.10. The number of carbonyl (C=O) groups is 1. The standard InChI is InChI=1S/C23H25N3O3S/c1-26(17-18-8-4-3-5-9-18)22-11-7-6-10-21(22)24-16-23(27)25-19-12-14-20(15-13-19)30(2,28)29/h3-15,24H,16-17H2,1-2H3,(H,25,27). The quantitative estimate of drug-likeness (QED) is 0.577. The van der Waals surface area contributed by atoms with Gasteiger partial charge in [-0.3, -0.25) is 4.79 Å². The number of carbonyl (C=O) groups excluding carboxylic acids is 1. The molecular weight excluding hydrogens is 398 g/mol. The largest absolute Gasteiger partial charge is 0.374 e. The molecular formula is C23H25N3O3S. The molecule has 3 aromatic carbocycles. The van der Waals surface area contributed by atoms with Crippen molar-refractivity contribution >= 4 is 32.8 Å². The van der Waals surface area contributed by atoms with Crippen LogP contribution in [0.1, 0.15) is 5.56 Å². The first kappa shape index (κ1) is 21.4. The van der Waals surface area contributed by atoms with E-state index in [1.165, 1.54) is 17.7 Å². The van der Waals surface area contributed by atoms with Crippen molar-refractivity contribution in [3.05, 3.63) is 84.4 Å². The van der Waals surface area contributed by atoms with Gasteiger partial charge in [-0.05, 0) is 42.0 Å². The molecule has 0 aliphatic heterocycles. The first-order valence-corrected chi connectivity index (χ1v) is 11.4. The van der Waals surface area contributed by atoms with Crippen LogP contribution in [0.15, 0.2) is 83.8 Å². The molecule has 0 aliphatic rings. The van der Waals surface area contributed by atoms with E-state index in [2.05, 4.69) is 27.7 Å². The normalized spacial score (nSPS) is 11.0. The monoisotopic (exact) mass is 423 g/mol. The molecule has 1 amide bonds.